The van der Waals surface area contributed by atoms with Crippen molar-refractivity contribution < 1.29 is 19.1 Å². The summed E-state index contributed by atoms with van der Waals surface area (Å²) in [6.45, 7) is 3.33. The number of nitrogens with one attached hydrogen (secondary N) is 1. The molecule has 0 spiro atoms. The second-order valence-electron chi connectivity index (χ2n) is 6.44. The highest BCUT2D eigenvalue weighted by molar-refractivity contribution is 9.10. The molecule has 2 aromatic carbocycles. The maximum absolute atomic E-state index is 12.4. The van der Waals surface area contributed by atoms with Gasteiger partial charge < -0.3 is 14.8 Å². The van der Waals surface area contributed by atoms with E-state index in [1.807, 2.05) is 48.5 Å². The number of nitrogens with zero attached hydrogens (tertiary/aromatic N) is 1. The van der Waals surface area contributed by atoms with Gasteiger partial charge >= 0.3 is 5.97 Å². The zero-order chi connectivity index (χ0) is 22.4. The van der Waals surface area contributed by atoms with E-state index in [4.69, 9.17) is 9.47 Å². The molecule has 0 unspecified atom stereocenters. The molecule has 1 aromatic heterocycles. The Hall–Kier alpha value is -3.15. The van der Waals surface area contributed by atoms with Gasteiger partial charge in [0.2, 0.25) is 0 Å². The van der Waals surface area contributed by atoms with Crippen LogP contribution in [-0.4, -0.2) is 25.1 Å². The summed E-state index contributed by atoms with van der Waals surface area (Å²) in [5, 5.41) is 12.4. The van der Waals surface area contributed by atoms with E-state index in [1.165, 1.54) is 0 Å². The van der Waals surface area contributed by atoms with Crippen molar-refractivity contribution in [1.82, 2.24) is 0 Å². The highest BCUT2D eigenvalue weighted by Crippen LogP contribution is 2.33. The van der Waals surface area contributed by atoms with Crippen LogP contribution in [0.15, 0.2) is 53.0 Å². The van der Waals surface area contributed by atoms with Gasteiger partial charge in [0.25, 0.3) is 5.91 Å². The lowest BCUT2D eigenvalue weighted by Crippen LogP contribution is -2.20. The van der Waals surface area contributed by atoms with E-state index in [0.717, 1.165) is 26.9 Å². The summed E-state index contributed by atoms with van der Waals surface area (Å²) in [4.78, 5) is 24.7. The molecule has 158 valence electrons. The number of rotatable bonds is 7. The number of benzene rings is 2. The Morgan fingerprint density at radius 1 is 1.16 bits per heavy atom. The van der Waals surface area contributed by atoms with Gasteiger partial charge in [-0.1, -0.05) is 36.4 Å². The zero-order valence-corrected chi connectivity index (χ0v) is 19.3. The molecule has 31 heavy (non-hydrogen) atoms. The minimum atomic E-state index is -0.513. The van der Waals surface area contributed by atoms with E-state index in [1.54, 1.807) is 19.9 Å². The second-order valence-corrected chi connectivity index (χ2v) is 8.32. The number of thiophene rings is 1. The Balaban J connectivity index is 1.68. The Morgan fingerprint density at radius 2 is 1.90 bits per heavy atom. The summed E-state index contributed by atoms with van der Waals surface area (Å²) >= 11 is 4.50. The Kier molecular flexibility index (Phi) is 7.45. The SMILES string of the molecule is CCOC(=O)c1sc(NC(=O)COc2ccc(-c3ccccc3)cc2Br)c(C#N)c1C. The van der Waals surface area contributed by atoms with Crippen molar-refractivity contribution in [2.45, 2.75) is 13.8 Å². The molecule has 0 bridgehead atoms. The van der Waals surface area contributed by atoms with Gasteiger partial charge in [-0.15, -0.1) is 11.3 Å². The van der Waals surface area contributed by atoms with Crippen LogP contribution in [0, 0.1) is 18.3 Å². The van der Waals surface area contributed by atoms with Gasteiger partial charge in [-0.3, -0.25) is 4.79 Å². The highest BCUT2D eigenvalue weighted by Gasteiger charge is 2.22. The van der Waals surface area contributed by atoms with Gasteiger partial charge in [0.15, 0.2) is 6.61 Å². The number of nitriles is 1. The lowest BCUT2D eigenvalue weighted by atomic mass is 10.1. The van der Waals surface area contributed by atoms with Gasteiger partial charge in [-0.2, -0.15) is 5.26 Å². The number of carbonyl (C=O) groups excluding carboxylic acids is 2. The fourth-order valence-corrected chi connectivity index (χ4v) is 4.42. The molecule has 0 aliphatic carbocycles. The van der Waals surface area contributed by atoms with Crippen molar-refractivity contribution in [3.63, 3.8) is 0 Å². The Morgan fingerprint density at radius 3 is 2.55 bits per heavy atom. The molecule has 0 atom stereocenters. The van der Waals surface area contributed by atoms with Crippen molar-refractivity contribution in [2.75, 3.05) is 18.5 Å². The van der Waals surface area contributed by atoms with Gasteiger partial charge in [0.1, 0.15) is 21.7 Å². The van der Waals surface area contributed by atoms with E-state index in [9.17, 15) is 14.9 Å². The molecule has 0 saturated heterocycles. The normalized spacial score (nSPS) is 10.3. The van der Waals surface area contributed by atoms with Crippen LogP contribution >= 0.6 is 27.3 Å². The molecular weight excluding hydrogens is 480 g/mol. The van der Waals surface area contributed by atoms with Gasteiger partial charge in [-0.05, 0) is 58.6 Å². The largest absolute Gasteiger partial charge is 0.483 e. The van der Waals surface area contributed by atoms with Crippen LogP contribution in [0.1, 0.15) is 27.7 Å². The molecule has 0 radical (unpaired) electrons. The minimum Gasteiger partial charge on any atom is -0.483 e. The highest BCUT2D eigenvalue weighted by atomic mass is 79.9. The lowest BCUT2D eigenvalue weighted by molar-refractivity contribution is -0.118. The average molecular weight is 499 g/mol. The van der Waals surface area contributed by atoms with Crippen LogP contribution in [0.25, 0.3) is 11.1 Å². The number of anilines is 1. The van der Waals surface area contributed by atoms with Crippen molar-refractivity contribution in [3.8, 4) is 22.9 Å². The number of hydrogen-bond donors (Lipinski definition) is 1. The number of halogens is 1. The molecule has 1 amide bonds. The molecule has 0 fully saturated rings. The molecule has 0 aliphatic heterocycles. The molecule has 3 rings (SSSR count). The maximum Gasteiger partial charge on any atom is 0.348 e. The molecule has 0 saturated carbocycles. The number of hydrogen-bond acceptors (Lipinski definition) is 6. The predicted octanol–water partition coefficient (Wildman–Crippen LogP) is 5.55. The average Bonchev–Trinajstić information content (AvgIpc) is 3.08. The third kappa shape index (κ3) is 5.32. The molecule has 8 heteroatoms. The fourth-order valence-electron chi connectivity index (χ4n) is 2.86. The van der Waals surface area contributed by atoms with E-state index in [0.29, 0.717) is 21.2 Å². The van der Waals surface area contributed by atoms with E-state index in [2.05, 4.69) is 21.2 Å². The Labute approximate surface area is 192 Å². The number of ether oxygens (including phenoxy) is 2. The summed E-state index contributed by atoms with van der Waals surface area (Å²) in [7, 11) is 0. The lowest BCUT2D eigenvalue weighted by Gasteiger charge is -2.10. The van der Waals surface area contributed by atoms with E-state index < -0.39 is 11.9 Å². The smallest absolute Gasteiger partial charge is 0.348 e. The Bertz CT molecular complexity index is 1150. The van der Waals surface area contributed by atoms with Gasteiger partial charge in [-0.25, -0.2) is 4.79 Å². The van der Waals surface area contributed by atoms with Crippen LogP contribution in [0.2, 0.25) is 0 Å². The minimum absolute atomic E-state index is 0.228. The van der Waals surface area contributed by atoms with Crippen molar-refractivity contribution in [3.05, 3.63) is 69.0 Å². The quantitative estimate of drug-likeness (QED) is 0.431. The first-order valence-corrected chi connectivity index (χ1v) is 11.0. The molecular formula is C23H19BrN2O4S. The van der Waals surface area contributed by atoms with Gasteiger partial charge in [0, 0.05) is 0 Å². The molecule has 0 aliphatic rings. The summed E-state index contributed by atoms with van der Waals surface area (Å²) in [5.74, 6) is -0.433. The van der Waals surface area contributed by atoms with Crippen molar-refractivity contribution >= 4 is 44.1 Å². The van der Waals surface area contributed by atoms with Crippen LogP contribution in [0.5, 0.6) is 5.75 Å². The number of amides is 1. The molecule has 3 aromatic rings. The van der Waals surface area contributed by atoms with Crippen LogP contribution < -0.4 is 10.1 Å². The number of carbonyl (C=O) groups is 2. The third-order valence-electron chi connectivity index (χ3n) is 4.37. The van der Waals surface area contributed by atoms with E-state index >= 15 is 0 Å². The van der Waals surface area contributed by atoms with E-state index in [-0.39, 0.29) is 18.8 Å². The summed E-state index contributed by atoms with van der Waals surface area (Å²) in [6, 6.07) is 17.6. The van der Waals surface area contributed by atoms with Crippen LogP contribution in [0.4, 0.5) is 5.00 Å². The third-order valence-corrected chi connectivity index (χ3v) is 6.18. The fraction of sp³-hybridized carbons (Fsp3) is 0.174. The number of esters is 1. The molecule has 1 N–H and O–H groups in total. The first kappa shape index (κ1) is 22.5. The summed E-state index contributed by atoms with van der Waals surface area (Å²) in [6.07, 6.45) is 0. The topological polar surface area (TPSA) is 88.4 Å². The maximum atomic E-state index is 12.4. The standard InChI is InChI=1S/C23H19BrN2O4S/c1-3-29-23(28)21-14(2)17(12-25)22(31-21)26-20(27)13-30-19-10-9-16(11-18(19)24)15-7-5-4-6-8-15/h4-11H,3,13H2,1-2H3,(H,26,27). The summed E-state index contributed by atoms with van der Waals surface area (Å²) in [5.41, 5.74) is 2.82. The zero-order valence-electron chi connectivity index (χ0n) is 16.9. The van der Waals surface area contributed by atoms with Gasteiger partial charge in [0.05, 0.1) is 16.6 Å². The first-order valence-electron chi connectivity index (χ1n) is 9.42. The summed E-state index contributed by atoms with van der Waals surface area (Å²) < 4.78 is 11.4. The first-order chi connectivity index (χ1) is 14.9. The van der Waals surface area contributed by atoms with Crippen LogP contribution in [-0.2, 0) is 9.53 Å². The predicted molar refractivity (Wildman–Crippen MR) is 123 cm³/mol. The van der Waals surface area contributed by atoms with Crippen LogP contribution in [0.3, 0.4) is 0 Å². The monoisotopic (exact) mass is 498 g/mol. The van der Waals surface area contributed by atoms with Crippen molar-refractivity contribution in [1.29, 1.82) is 5.26 Å². The molecule has 6 nitrogen and oxygen atoms in total. The molecule has 1 heterocycles. The second kappa shape index (κ2) is 10.2. The van der Waals surface area contributed by atoms with Crippen molar-refractivity contribution in [2.24, 2.45) is 0 Å².